The van der Waals surface area contributed by atoms with Crippen molar-refractivity contribution in [2.75, 3.05) is 0 Å². The second-order valence-corrected chi connectivity index (χ2v) is 8.78. The molecule has 0 aliphatic rings. The Kier molecular flexibility index (Phi) is 6.29. The van der Waals surface area contributed by atoms with Gasteiger partial charge < -0.3 is 0 Å². The summed E-state index contributed by atoms with van der Waals surface area (Å²) < 4.78 is 4.42. The maximum atomic E-state index is 13.5. The summed E-state index contributed by atoms with van der Waals surface area (Å²) in [5.74, 6) is 1.30. The lowest BCUT2D eigenvalue weighted by molar-refractivity contribution is 0.547. The van der Waals surface area contributed by atoms with Crippen LogP contribution in [-0.2, 0) is 12.3 Å². The van der Waals surface area contributed by atoms with Gasteiger partial charge in [0, 0.05) is 11.0 Å². The average Bonchev–Trinajstić information content (AvgIpc) is 3.20. The third kappa shape index (κ3) is 4.17. The molecule has 1 unspecified atom stereocenters. The van der Waals surface area contributed by atoms with Gasteiger partial charge in [0.05, 0.1) is 22.7 Å². The van der Waals surface area contributed by atoms with Crippen molar-refractivity contribution in [1.82, 2.24) is 29.8 Å². The minimum absolute atomic E-state index is 0.0618. The van der Waals surface area contributed by atoms with Crippen LogP contribution in [0.5, 0.6) is 0 Å². The molecule has 0 spiro atoms. The summed E-state index contributed by atoms with van der Waals surface area (Å²) in [6.45, 7) is 4.86. The Morgan fingerprint density at radius 2 is 1.97 bits per heavy atom. The first-order chi connectivity index (χ1) is 14.6. The third-order valence-corrected chi connectivity index (χ3v) is 6.31. The minimum atomic E-state index is -0.163. The van der Waals surface area contributed by atoms with Crippen LogP contribution < -0.4 is 5.56 Å². The van der Waals surface area contributed by atoms with E-state index >= 15 is 0 Å². The molecule has 7 nitrogen and oxygen atoms in total. The molecule has 0 radical (unpaired) electrons. The molecule has 0 aliphatic carbocycles. The summed E-state index contributed by atoms with van der Waals surface area (Å²) in [6.07, 6.45) is 0.946. The predicted octanol–water partition coefficient (Wildman–Crippen LogP) is 4.46. The molecule has 0 saturated carbocycles. The molecular formula is C21H21BrN6OS. The SMILES string of the molecule is CCCn1nnnc1CSc1nc2ccc(Br)cc2c(=O)n1C(C)c1ccccc1. The van der Waals surface area contributed by atoms with Crippen LogP contribution in [0.2, 0.25) is 0 Å². The Morgan fingerprint density at radius 1 is 1.17 bits per heavy atom. The van der Waals surface area contributed by atoms with Gasteiger partial charge in [-0.15, -0.1) is 5.10 Å². The summed E-state index contributed by atoms with van der Waals surface area (Å²) in [5, 5.41) is 13.2. The zero-order valence-electron chi connectivity index (χ0n) is 16.7. The Balaban J connectivity index is 1.79. The number of tetrazole rings is 1. The highest BCUT2D eigenvalue weighted by Crippen LogP contribution is 2.27. The number of thioether (sulfide) groups is 1. The van der Waals surface area contributed by atoms with Crippen LogP contribution >= 0.6 is 27.7 Å². The molecule has 1 atom stereocenters. The molecule has 0 fully saturated rings. The summed E-state index contributed by atoms with van der Waals surface area (Å²) in [4.78, 5) is 18.3. The van der Waals surface area contributed by atoms with Crippen LogP contribution in [0.1, 0.15) is 37.7 Å². The highest BCUT2D eigenvalue weighted by molar-refractivity contribution is 9.10. The largest absolute Gasteiger partial charge is 0.280 e. The summed E-state index contributed by atoms with van der Waals surface area (Å²) >= 11 is 4.94. The average molecular weight is 485 g/mol. The maximum absolute atomic E-state index is 13.5. The van der Waals surface area contributed by atoms with E-state index in [1.807, 2.05) is 55.5 Å². The molecule has 0 amide bonds. The maximum Gasteiger partial charge on any atom is 0.262 e. The van der Waals surface area contributed by atoms with Crippen LogP contribution in [0, 0.1) is 0 Å². The quantitative estimate of drug-likeness (QED) is 0.284. The van der Waals surface area contributed by atoms with Crippen molar-refractivity contribution >= 4 is 38.6 Å². The van der Waals surface area contributed by atoms with Crippen molar-refractivity contribution in [3.05, 3.63) is 74.7 Å². The van der Waals surface area contributed by atoms with Crippen molar-refractivity contribution in [1.29, 1.82) is 0 Å². The van der Waals surface area contributed by atoms with Gasteiger partial charge in [-0.25, -0.2) is 9.67 Å². The number of fused-ring (bicyclic) bond motifs is 1. The van der Waals surface area contributed by atoms with Crippen molar-refractivity contribution in [2.45, 2.75) is 43.8 Å². The van der Waals surface area contributed by atoms with E-state index < -0.39 is 0 Å². The highest BCUT2D eigenvalue weighted by Gasteiger charge is 2.19. The number of hydrogen-bond donors (Lipinski definition) is 0. The van der Waals surface area contributed by atoms with Gasteiger partial charge in [0.25, 0.3) is 5.56 Å². The normalized spacial score (nSPS) is 12.4. The van der Waals surface area contributed by atoms with Crippen molar-refractivity contribution in [3.63, 3.8) is 0 Å². The van der Waals surface area contributed by atoms with E-state index in [1.165, 1.54) is 11.8 Å². The van der Waals surface area contributed by atoms with Gasteiger partial charge in [0.15, 0.2) is 11.0 Å². The van der Waals surface area contributed by atoms with E-state index in [1.54, 1.807) is 9.25 Å². The molecule has 2 aromatic carbocycles. The number of aromatic nitrogens is 6. The van der Waals surface area contributed by atoms with Gasteiger partial charge in [0.2, 0.25) is 0 Å². The van der Waals surface area contributed by atoms with Gasteiger partial charge in [-0.05, 0) is 47.5 Å². The molecule has 2 aromatic heterocycles. The fourth-order valence-electron chi connectivity index (χ4n) is 3.32. The van der Waals surface area contributed by atoms with Gasteiger partial charge in [-0.3, -0.25) is 9.36 Å². The number of hydrogen-bond acceptors (Lipinski definition) is 6. The molecule has 30 heavy (non-hydrogen) atoms. The number of halogens is 1. The monoisotopic (exact) mass is 484 g/mol. The van der Waals surface area contributed by atoms with Crippen molar-refractivity contribution in [2.24, 2.45) is 0 Å². The third-order valence-electron chi connectivity index (χ3n) is 4.87. The summed E-state index contributed by atoms with van der Waals surface area (Å²) in [5.41, 5.74) is 1.66. The molecule has 4 rings (SSSR count). The van der Waals surface area contributed by atoms with Crippen LogP contribution in [0.25, 0.3) is 10.9 Å². The Hall–Kier alpha value is -2.52. The molecule has 9 heteroatoms. The second kappa shape index (κ2) is 9.09. The first-order valence-corrected chi connectivity index (χ1v) is 11.5. The number of aryl methyl sites for hydroxylation is 1. The topological polar surface area (TPSA) is 78.5 Å². The first kappa shape index (κ1) is 20.7. The molecule has 0 saturated heterocycles. The summed E-state index contributed by atoms with van der Waals surface area (Å²) in [6, 6.07) is 15.4. The molecule has 154 valence electrons. The van der Waals surface area contributed by atoms with E-state index in [9.17, 15) is 4.79 Å². The second-order valence-electron chi connectivity index (χ2n) is 6.92. The first-order valence-electron chi connectivity index (χ1n) is 9.73. The van der Waals surface area contributed by atoms with Crippen LogP contribution in [0.4, 0.5) is 0 Å². The van der Waals surface area contributed by atoms with Gasteiger partial charge >= 0.3 is 0 Å². The summed E-state index contributed by atoms with van der Waals surface area (Å²) in [7, 11) is 0. The molecule has 0 N–H and O–H groups in total. The van der Waals surface area contributed by atoms with Gasteiger partial charge in [-0.1, -0.05) is 64.9 Å². The molecular weight excluding hydrogens is 464 g/mol. The molecule has 0 bridgehead atoms. The minimum Gasteiger partial charge on any atom is -0.280 e. The van der Waals surface area contributed by atoms with E-state index in [0.717, 1.165) is 28.8 Å². The Labute approximate surface area is 186 Å². The Bertz CT molecular complexity index is 1220. The van der Waals surface area contributed by atoms with Gasteiger partial charge in [-0.2, -0.15) is 0 Å². The molecule has 2 heterocycles. The van der Waals surface area contributed by atoms with Crippen LogP contribution in [0.15, 0.2) is 63.0 Å². The lowest BCUT2D eigenvalue weighted by atomic mass is 10.1. The fourth-order valence-corrected chi connectivity index (χ4v) is 4.68. The lowest BCUT2D eigenvalue weighted by Gasteiger charge is -2.20. The van der Waals surface area contributed by atoms with Crippen LogP contribution in [0.3, 0.4) is 0 Å². The van der Waals surface area contributed by atoms with E-state index in [0.29, 0.717) is 21.8 Å². The zero-order chi connectivity index (χ0) is 21.1. The van der Waals surface area contributed by atoms with E-state index in [-0.39, 0.29) is 11.6 Å². The fraction of sp³-hybridized carbons (Fsp3) is 0.286. The number of rotatable bonds is 7. The smallest absolute Gasteiger partial charge is 0.262 e. The Morgan fingerprint density at radius 3 is 2.73 bits per heavy atom. The van der Waals surface area contributed by atoms with Crippen LogP contribution in [-0.4, -0.2) is 29.8 Å². The standard InChI is InChI=1S/C21H21BrN6OS/c1-3-11-27-19(24-25-26-27)13-30-21-23-18-10-9-16(22)12-17(18)20(29)28(21)14(2)15-7-5-4-6-8-15/h4-10,12,14H,3,11,13H2,1-2H3. The highest BCUT2D eigenvalue weighted by atomic mass is 79.9. The number of nitrogens with zero attached hydrogens (tertiary/aromatic N) is 6. The van der Waals surface area contributed by atoms with E-state index in [4.69, 9.17) is 4.98 Å². The number of benzene rings is 2. The molecule has 4 aromatic rings. The van der Waals surface area contributed by atoms with Crippen molar-refractivity contribution in [3.8, 4) is 0 Å². The zero-order valence-corrected chi connectivity index (χ0v) is 19.1. The van der Waals surface area contributed by atoms with E-state index in [2.05, 4.69) is 38.4 Å². The predicted molar refractivity (Wildman–Crippen MR) is 122 cm³/mol. The van der Waals surface area contributed by atoms with Crippen molar-refractivity contribution < 1.29 is 0 Å². The van der Waals surface area contributed by atoms with Gasteiger partial charge in [0.1, 0.15) is 0 Å². The lowest BCUT2D eigenvalue weighted by Crippen LogP contribution is -2.27. The molecule has 0 aliphatic heterocycles.